The first-order valence-electron chi connectivity index (χ1n) is 11.5. The van der Waals surface area contributed by atoms with Gasteiger partial charge in [-0.05, 0) is 37.6 Å². The zero-order valence-corrected chi connectivity index (χ0v) is 18.4. The van der Waals surface area contributed by atoms with Gasteiger partial charge in [-0.2, -0.15) is 5.10 Å². The second-order valence-corrected chi connectivity index (χ2v) is 8.65. The maximum Gasteiger partial charge on any atom is 0.137 e. The summed E-state index contributed by atoms with van der Waals surface area (Å²) in [6.45, 7) is 5.08. The monoisotopic (exact) mass is 438 g/mol. The third kappa shape index (κ3) is 4.17. The van der Waals surface area contributed by atoms with Gasteiger partial charge >= 0.3 is 0 Å². The van der Waals surface area contributed by atoms with Gasteiger partial charge in [-0.1, -0.05) is 35.5 Å². The Kier molecular flexibility index (Phi) is 5.20. The van der Waals surface area contributed by atoms with E-state index in [1.807, 2.05) is 52.4 Å². The van der Waals surface area contributed by atoms with Crippen LogP contribution >= 0.6 is 0 Å². The first-order chi connectivity index (χ1) is 16.3. The van der Waals surface area contributed by atoms with Crippen molar-refractivity contribution in [1.29, 1.82) is 0 Å². The number of hydrogen-bond acceptors (Lipinski definition) is 5. The number of fused-ring (bicyclic) bond motifs is 1. The molecule has 0 spiro atoms. The lowest BCUT2D eigenvalue weighted by Gasteiger charge is -2.13. The molecule has 8 nitrogen and oxygen atoms in total. The minimum atomic E-state index is 0.691. The molecule has 5 heterocycles. The molecule has 0 radical (unpaired) electrons. The second-order valence-electron chi connectivity index (χ2n) is 8.65. The van der Waals surface area contributed by atoms with Gasteiger partial charge in [0.25, 0.3) is 0 Å². The lowest BCUT2D eigenvalue weighted by atomic mass is 10.1. The highest BCUT2D eigenvalue weighted by molar-refractivity contribution is 5.94. The molecule has 6 rings (SSSR count). The number of benzene rings is 1. The van der Waals surface area contributed by atoms with Gasteiger partial charge in [0, 0.05) is 47.2 Å². The molecule has 33 heavy (non-hydrogen) atoms. The Hall–Kier alpha value is -3.78. The molecule has 1 fully saturated rings. The summed E-state index contributed by atoms with van der Waals surface area (Å²) in [6, 6.07) is 12.4. The van der Waals surface area contributed by atoms with Gasteiger partial charge in [-0.25, -0.2) is 9.67 Å². The van der Waals surface area contributed by atoms with E-state index in [1.54, 1.807) is 0 Å². The van der Waals surface area contributed by atoms with Crippen molar-refractivity contribution >= 4 is 11.0 Å². The van der Waals surface area contributed by atoms with Gasteiger partial charge in [0.1, 0.15) is 11.3 Å². The van der Waals surface area contributed by atoms with Crippen LogP contribution in [0.2, 0.25) is 0 Å². The van der Waals surface area contributed by atoms with Crippen molar-refractivity contribution in [2.45, 2.75) is 25.9 Å². The van der Waals surface area contributed by atoms with Gasteiger partial charge in [0.15, 0.2) is 0 Å². The van der Waals surface area contributed by atoms with Crippen molar-refractivity contribution in [3.63, 3.8) is 0 Å². The van der Waals surface area contributed by atoms with Crippen molar-refractivity contribution in [1.82, 2.24) is 39.6 Å². The molecule has 166 valence electrons. The van der Waals surface area contributed by atoms with Crippen LogP contribution in [-0.2, 0) is 13.1 Å². The molecule has 5 aromatic rings. The Morgan fingerprint density at radius 2 is 1.79 bits per heavy atom. The van der Waals surface area contributed by atoms with E-state index < -0.39 is 0 Å². The summed E-state index contributed by atoms with van der Waals surface area (Å²) in [7, 11) is 0. The normalized spacial score (nSPS) is 14.4. The zero-order chi connectivity index (χ0) is 22.0. The highest BCUT2D eigenvalue weighted by Gasteiger charge is 2.14. The summed E-state index contributed by atoms with van der Waals surface area (Å²) < 4.78 is 3.90. The van der Waals surface area contributed by atoms with Crippen LogP contribution in [0.1, 0.15) is 18.4 Å². The van der Waals surface area contributed by atoms with E-state index in [4.69, 9.17) is 0 Å². The van der Waals surface area contributed by atoms with Gasteiger partial charge < -0.3 is 9.88 Å². The quantitative estimate of drug-likeness (QED) is 0.418. The molecule has 0 aliphatic carbocycles. The van der Waals surface area contributed by atoms with E-state index in [2.05, 4.69) is 54.7 Å². The summed E-state index contributed by atoms with van der Waals surface area (Å²) in [5.41, 5.74) is 5.99. The molecule has 1 saturated heterocycles. The Morgan fingerprint density at radius 1 is 0.909 bits per heavy atom. The van der Waals surface area contributed by atoms with Crippen LogP contribution in [0, 0.1) is 0 Å². The number of nitrogens with one attached hydrogen (secondary N) is 1. The van der Waals surface area contributed by atoms with Crippen LogP contribution < -0.4 is 0 Å². The van der Waals surface area contributed by atoms with E-state index in [-0.39, 0.29) is 0 Å². The molecule has 0 amide bonds. The molecule has 1 aromatic carbocycles. The van der Waals surface area contributed by atoms with Gasteiger partial charge in [0.2, 0.25) is 0 Å². The third-order valence-electron chi connectivity index (χ3n) is 6.34. The number of nitrogens with zero attached hydrogens (tertiary/aromatic N) is 7. The molecule has 1 aliphatic rings. The molecule has 8 heteroatoms. The zero-order valence-electron chi connectivity index (χ0n) is 18.4. The predicted molar refractivity (Wildman–Crippen MR) is 128 cm³/mol. The number of likely N-dealkylation sites (tertiary alicyclic amines) is 1. The first-order valence-corrected chi connectivity index (χ1v) is 11.5. The van der Waals surface area contributed by atoms with Crippen molar-refractivity contribution in [2.24, 2.45) is 0 Å². The topological polar surface area (TPSA) is 80.5 Å². The standard InChI is InChI=1S/C25H26N8/c1-2-6-19(7-3-1)16-33-18-24(29-30-33)23-15-27-25-22(23)12-20(13-26-25)21-14-28-32(17-21)11-10-31-8-4-5-9-31/h1-3,6-7,12-15,17-18H,4-5,8-11,16H2,(H,26,27). The van der Waals surface area contributed by atoms with Crippen LogP contribution in [0.5, 0.6) is 0 Å². The number of aromatic nitrogens is 7. The SMILES string of the molecule is c1ccc(Cn2cc(-c3c[nH]c4ncc(-c5cnn(CCN6CCCC6)c5)cc34)nn2)cc1. The first kappa shape index (κ1) is 19.9. The van der Waals surface area contributed by atoms with Crippen molar-refractivity contribution in [3.8, 4) is 22.4 Å². The lowest BCUT2D eigenvalue weighted by Crippen LogP contribution is -2.24. The molecular formula is C25H26N8. The van der Waals surface area contributed by atoms with Gasteiger partial charge in [-0.3, -0.25) is 4.68 Å². The summed E-state index contributed by atoms with van der Waals surface area (Å²) in [5.74, 6) is 0. The van der Waals surface area contributed by atoms with Gasteiger partial charge in [-0.15, -0.1) is 5.10 Å². The molecule has 4 aromatic heterocycles. The molecule has 0 saturated carbocycles. The van der Waals surface area contributed by atoms with Crippen LogP contribution in [-0.4, -0.2) is 59.3 Å². The number of pyridine rings is 1. The minimum absolute atomic E-state index is 0.691. The molecule has 0 bridgehead atoms. The predicted octanol–water partition coefficient (Wildman–Crippen LogP) is 3.83. The molecule has 1 aliphatic heterocycles. The smallest absolute Gasteiger partial charge is 0.137 e. The molecule has 0 unspecified atom stereocenters. The summed E-state index contributed by atoms with van der Waals surface area (Å²) in [4.78, 5) is 10.4. The fourth-order valence-corrected chi connectivity index (χ4v) is 4.53. The van der Waals surface area contributed by atoms with Crippen molar-refractivity contribution in [3.05, 3.63) is 72.9 Å². The average molecular weight is 439 g/mol. The van der Waals surface area contributed by atoms with Crippen molar-refractivity contribution in [2.75, 3.05) is 19.6 Å². The Morgan fingerprint density at radius 3 is 2.67 bits per heavy atom. The van der Waals surface area contributed by atoms with E-state index in [0.29, 0.717) is 6.54 Å². The number of rotatable bonds is 7. The number of hydrogen-bond donors (Lipinski definition) is 1. The largest absolute Gasteiger partial charge is 0.345 e. The fourth-order valence-electron chi connectivity index (χ4n) is 4.53. The van der Waals surface area contributed by atoms with E-state index in [9.17, 15) is 0 Å². The van der Waals surface area contributed by atoms with E-state index in [0.717, 1.165) is 46.5 Å². The van der Waals surface area contributed by atoms with E-state index >= 15 is 0 Å². The van der Waals surface area contributed by atoms with Crippen LogP contribution in [0.3, 0.4) is 0 Å². The highest BCUT2D eigenvalue weighted by atomic mass is 15.4. The average Bonchev–Trinajstić information content (AvgIpc) is 3.65. The van der Waals surface area contributed by atoms with E-state index in [1.165, 1.54) is 31.5 Å². The fraction of sp³-hybridized carbons (Fsp3) is 0.280. The number of H-pyrrole nitrogens is 1. The van der Waals surface area contributed by atoms with Crippen LogP contribution in [0.15, 0.2) is 67.4 Å². The summed E-state index contributed by atoms with van der Waals surface area (Å²) in [6.07, 6.45) is 12.5. The van der Waals surface area contributed by atoms with Crippen LogP contribution in [0.25, 0.3) is 33.4 Å². The lowest BCUT2D eigenvalue weighted by molar-refractivity contribution is 0.316. The summed E-state index contributed by atoms with van der Waals surface area (Å²) in [5, 5.41) is 14.3. The Labute approximate surface area is 191 Å². The molecule has 1 N–H and O–H groups in total. The second kappa shape index (κ2) is 8.63. The third-order valence-corrected chi connectivity index (χ3v) is 6.34. The maximum atomic E-state index is 4.64. The number of aromatic amines is 1. The van der Waals surface area contributed by atoms with Crippen LogP contribution in [0.4, 0.5) is 0 Å². The minimum Gasteiger partial charge on any atom is -0.345 e. The maximum absolute atomic E-state index is 4.64. The molecular weight excluding hydrogens is 412 g/mol. The Bertz CT molecular complexity index is 1360. The Balaban J connectivity index is 1.23. The van der Waals surface area contributed by atoms with Crippen molar-refractivity contribution < 1.29 is 0 Å². The summed E-state index contributed by atoms with van der Waals surface area (Å²) >= 11 is 0. The molecule has 0 atom stereocenters. The highest BCUT2D eigenvalue weighted by Crippen LogP contribution is 2.29. The van der Waals surface area contributed by atoms with Gasteiger partial charge in [0.05, 0.1) is 25.5 Å².